The predicted molar refractivity (Wildman–Crippen MR) is 71.2 cm³/mol. The lowest BCUT2D eigenvalue weighted by molar-refractivity contribution is -0.0102. The summed E-state index contributed by atoms with van der Waals surface area (Å²) in [6, 6.07) is 7.35. The van der Waals surface area contributed by atoms with Crippen LogP contribution in [0.1, 0.15) is 36.5 Å². The van der Waals surface area contributed by atoms with Crippen molar-refractivity contribution in [1.82, 2.24) is 5.32 Å². The summed E-state index contributed by atoms with van der Waals surface area (Å²) in [5.74, 6) is 0. The zero-order chi connectivity index (χ0) is 12.3. The van der Waals surface area contributed by atoms with Crippen LogP contribution in [0.5, 0.6) is 0 Å². The fourth-order valence-corrected chi connectivity index (χ4v) is 2.28. The molecule has 0 saturated heterocycles. The van der Waals surface area contributed by atoms with Crippen molar-refractivity contribution in [1.29, 1.82) is 0 Å². The molecule has 1 saturated carbocycles. The second-order valence-electron chi connectivity index (χ2n) is 5.05. The van der Waals surface area contributed by atoms with Gasteiger partial charge in [-0.3, -0.25) is 0 Å². The molecular formula is C15H23NO. The van der Waals surface area contributed by atoms with Gasteiger partial charge in [0.25, 0.3) is 0 Å². The molecule has 0 spiro atoms. The summed E-state index contributed by atoms with van der Waals surface area (Å²) in [7, 11) is 0. The number of hydrogen-bond donors (Lipinski definition) is 1. The molecule has 0 atom stereocenters. The van der Waals surface area contributed by atoms with Gasteiger partial charge in [0.1, 0.15) is 0 Å². The minimum atomic E-state index is 0.497. The molecule has 1 aliphatic carbocycles. The molecule has 2 nitrogen and oxygen atoms in total. The molecule has 94 valence electrons. The van der Waals surface area contributed by atoms with Crippen molar-refractivity contribution in [2.75, 3.05) is 6.61 Å². The smallest absolute Gasteiger partial charge is 0.0604 e. The summed E-state index contributed by atoms with van der Waals surface area (Å²) in [5, 5.41) is 3.59. The van der Waals surface area contributed by atoms with Gasteiger partial charge in [0.2, 0.25) is 0 Å². The van der Waals surface area contributed by atoms with Gasteiger partial charge in [0.05, 0.1) is 6.10 Å². The monoisotopic (exact) mass is 233 g/mol. The van der Waals surface area contributed by atoms with E-state index in [2.05, 4.69) is 44.3 Å². The lowest BCUT2D eigenvalue weighted by atomic mass is 9.89. The Labute approximate surface area is 104 Å². The van der Waals surface area contributed by atoms with Crippen LogP contribution in [-0.2, 0) is 11.3 Å². The van der Waals surface area contributed by atoms with Crippen LogP contribution in [0, 0.1) is 13.8 Å². The summed E-state index contributed by atoms with van der Waals surface area (Å²) in [5.41, 5.74) is 4.13. The molecule has 0 aliphatic heterocycles. The van der Waals surface area contributed by atoms with Crippen LogP contribution >= 0.6 is 0 Å². The lowest BCUT2D eigenvalue weighted by Crippen LogP contribution is -2.45. The highest BCUT2D eigenvalue weighted by Gasteiger charge is 2.28. The maximum atomic E-state index is 5.55. The number of hydrogen-bond acceptors (Lipinski definition) is 2. The molecule has 17 heavy (non-hydrogen) atoms. The van der Waals surface area contributed by atoms with Gasteiger partial charge in [-0.2, -0.15) is 0 Å². The first-order chi connectivity index (χ1) is 8.19. The van der Waals surface area contributed by atoms with Gasteiger partial charge in [0.15, 0.2) is 0 Å². The molecule has 0 aromatic heterocycles. The summed E-state index contributed by atoms with van der Waals surface area (Å²) in [4.78, 5) is 0. The maximum absolute atomic E-state index is 5.55. The Hall–Kier alpha value is -0.860. The van der Waals surface area contributed by atoms with E-state index in [1.807, 2.05) is 0 Å². The summed E-state index contributed by atoms with van der Waals surface area (Å²) in [6.45, 7) is 8.22. The van der Waals surface area contributed by atoms with Crippen LogP contribution in [0.15, 0.2) is 18.2 Å². The highest BCUT2D eigenvalue weighted by Crippen LogP contribution is 2.23. The normalized spacial score (nSPS) is 23.5. The van der Waals surface area contributed by atoms with Crippen LogP contribution < -0.4 is 5.32 Å². The van der Waals surface area contributed by atoms with Crippen LogP contribution in [0.25, 0.3) is 0 Å². The molecule has 1 aromatic rings. The molecule has 2 heteroatoms. The van der Waals surface area contributed by atoms with E-state index in [0.717, 1.165) is 13.2 Å². The van der Waals surface area contributed by atoms with E-state index >= 15 is 0 Å². The van der Waals surface area contributed by atoms with Gasteiger partial charge in [0, 0.05) is 19.2 Å². The zero-order valence-electron chi connectivity index (χ0n) is 11.1. The van der Waals surface area contributed by atoms with E-state index in [1.165, 1.54) is 29.5 Å². The summed E-state index contributed by atoms with van der Waals surface area (Å²) < 4.78 is 5.55. The van der Waals surface area contributed by atoms with Crippen molar-refractivity contribution in [3.63, 3.8) is 0 Å². The number of benzene rings is 1. The van der Waals surface area contributed by atoms with Gasteiger partial charge >= 0.3 is 0 Å². The molecular weight excluding hydrogens is 210 g/mol. The molecule has 1 aromatic carbocycles. The van der Waals surface area contributed by atoms with Gasteiger partial charge in [-0.05, 0) is 50.3 Å². The standard InChI is InChI=1S/C15H23NO/c1-4-17-15-8-14(9-15)16-10-13-6-5-11(2)12(3)7-13/h5-7,14-16H,4,8-10H2,1-3H3. The Morgan fingerprint density at radius 1 is 1.24 bits per heavy atom. The lowest BCUT2D eigenvalue weighted by Gasteiger charge is -2.35. The first-order valence-corrected chi connectivity index (χ1v) is 6.60. The number of aryl methyl sites for hydroxylation is 2. The quantitative estimate of drug-likeness (QED) is 0.844. The molecule has 0 unspecified atom stereocenters. The minimum Gasteiger partial charge on any atom is -0.378 e. The van der Waals surface area contributed by atoms with E-state index in [1.54, 1.807) is 0 Å². The van der Waals surface area contributed by atoms with Gasteiger partial charge in [-0.15, -0.1) is 0 Å². The van der Waals surface area contributed by atoms with E-state index in [-0.39, 0.29) is 0 Å². The van der Waals surface area contributed by atoms with E-state index in [9.17, 15) is 0 Å². The average Bonchev–Trinajstić information content (AvgIpc) is 2.26. The van der Waals surface area contributed by atoms with Crippen LogP contribution in [0.3, 0.4) is 0 Å². The minimum absolute atomic E-state index is 0.497. The van der Waals surface area contributed by atoms with Crippen molar-refractivity contribution in [3.05, 3.63) is 34.9 Å². The first-order valence-electron chi connectivity index (χ1n) is 6.60. The third kappa shape index (κ3) is 3.30. The number of rotatable bonds is 5. The maximum Gasteiger partial charge on any atom is 0.0604 e. The third-order valence-electron chi connectivity index (χ3n) is 3.66. The highest BCUT2D eigenvalue weighted by molar-refractivity contribution is 5.29. The van der Waals surface area contributed by atoms with Gasteiger partial charge in [-0.25, -0.2) is 0 Å². The second-order valence-corrected chi connectivity index (χ2v) is 5.05. The van der Waals surface area contributed by atoms with Gasteiger partial charge < -0.3 is 10.1 Å². The van der Waals surface area contributed by atoms with Crippen LogP contribution in [-0.4, -0.2) is 18.8 Å². The molecule has 1 fully saturated rings. The zero-order valence-corrected chi connectivity index (χ0v) is 11.1. The summed E-state index contributed by atoms with van der Waals surface area (Å²) in [6.07, 6.45) is 2.83. The topological polar surface area (TPSA) is 21.3 Å². The Balaban J connectivity index is 1.74. The predicted octanol–water partition coefficient (Wildman–Crippen LogP) is 2.96. The molecule has 0 radical (unpaired) electrons. The molecule has 1 aliphatic rings. The summed E-state index contributed by atoms with van der Waals surface area (Å²) >= 11 is 0. The van der Waals surface area contributed by atoms with Crippen molar-refractivity contribution in [2.24, 2.45) is 0 Å². The van der Waals surface area contributed by atoms with Crippen LogP contribution in [0.4, 0.5) is 0 Å². The fourth-order valence-electron chi connectivity index (χ4n) is 2.28. The average molecular weight is 233 g/mol. The third-order valence-corrected chi connectivity index (χ3v) is 3.66. The van der Waals surface area contributed by atoms with Crippen molar-refractivity contribution in [2.45, 2.75) is 52.3 Å². The van der Waals surface area contributed by atoms with E-state index in [0.29, 0.717) is 12.1 Å². The Kier molecular flexibility index (Phi) is 4.19. The number of nitrogens with one attached hydrogen (secondary N) is 1. The number of ether oxygens (including phenoxy) is 1. The van der Waals surface area contributed by atoms with E-state index < -0.39 is 0 Å². The van der Waals surface area contributed by atoms with E-state index in [4.69, 9.17) is 4.74 Å². The SMILES string of the molecule is CCOC1CC(NCc2ccc(C)c(C)c2)C1. The van der Waals surface area contributed by atoms with Crippen molar-refractivity contribution in [3.8, 4) is 0 Å². The Morgan fingerprint density at radius 2 is 2.00 bits per heavy atom. The second kappa shape index (κ2) is 5.65. The molecule has 0 bridgehead atoms. The van der Waals surface area contributed by atoms with Gasteiger partial charge in [-0.1, -0.05) is 18.2 Å². The molecule has 0 amide bonds. The Morgan fingerprint density at radius 3 is 2.65 bits per heavy atom. The molecule has 2 rings (SSSR count). The fraction of sp³-hybridized carbons (Fsp3) is 0.600. The first kappa shape index (κ1) is 12.6. The largest absolute Gasteiger partial charge is 0.378 e. The van der Waals surface area contributed by atoms with Crippen molar-refractivity contribution < 1.29 is 4.74 Å². The molecule has 1 N–H and O–H groups in total. The van der Waals surface area contributed by atoms with Crippen LogP contribution in [0.2, 0.25) is 0 Å². The van der Waals surface area contributed by atoms with Crippen molar-refractivity contribution >= 4 is 0 Å². The Bertz CT molecular complexity index is 369. The molecule has 0 heterocycles. The highest BCUT2D eigenvalue weighted by atomic mass is 16.5.